The number of rotatable bonds is 7. The molecule has 0 aliphatic heterocycles. The molecule has 0 bridgehead atoms. The van der Waals surface area contributed by atoms with Crippen LogP contribution in [0.2, 0.25) is 0 Å². The molecule has 0 spiro atoms. The fraction of sp³-hybridized carbons (Fsp3) is 0.174. The third-order valence-corrected chi connectivity index (χ3v) is 4.39. The second kappa shape index (κ2) is 9.62. The topological polar surface area (TPSA) is 91.6 Å². The summed E-state index contributed by atoms with van der Waals surface area (Å²) >= 11 is 0. The summed E-state index contributed by atoms with van der Waals surface area (Å²) in [7, 11) is 2.92. The predicted molar refractivity (Wildman–Crippen MR) is 119 cm³/mol. The van der Waals surface area contributed by atoms with Crippen LogP contribution in [-0.2, 0) is 18.9 Å². The number of carbonyl (C=O) groups excluding carboxylic acids is 1. The quantitative estimate of drug-likeness (QED) is 0.593. The van der Waals surface area contributed by atoms with Crippen molar-refractivity contribution in [1.29, 1.82) is 0 Å². The van der Waals surface area contributed by atoms with Gasteiger partial charge in [-0.3, -0.25) is 14.2 Å². The Hall–Kier alpha value is -4.07. The zero-order valence-corrected chi connectivity index (χ0v) is 17.5. The molecule has 0 aliphatic rings. The van der Waals surface area contributed by atoms with E-state index in [1.165, 1.54) is 37.0 Å². The van der Waals surface area contributed by atoms with E-state index in [9.17, 15) is 14.4 Å². The molecule has 1 amide bonds. The lowest BCUT2D eigenvalue weighted by Gasteiger charge is -2.12. The number of aromatic nitrogens is 2. The maximum atomic E-state index is 12.4. The number of amides is 1. The number of nitrogens with zero attached hydrogens (tertiary/aromatic N) is 2. The standard InChI is InChI=1S/C23H23N3O5/c1-4-30-17-10-12-18(13-11-17)31-20-8-6-5-7-19(20)24-21(27)14-9-16-15-25(2)23(29)26(3)22(16)28/h5-15H,4H2,1-3H3,(H,24,27)/b14-9+. The number of hydrogen-bond acceptors (Lipinski definition) is 5. The third-order valence-electron chi connectivity index (χ3n) is 4.39. The molecule has 160 valence electrons. The fourth-order valence-corrected chi connectivity index (χ4v) is 2.85. The van der Waals surface area contributed by atoms with Gasteiger partial charge in [0, 0.05) is 26.4 Å². The Morgan fingerprint density at radius 2 is 1.71 bits per heavy atom. The molecule has 31 heavy (non-hydrogen) atoms. The predicted octanol–water partition coefficient (Wildman–Crippen LogP) is 2.93. The molecule has 0 radical (unpaired) electrons. The van der Waals surface area contributed by atoms with Crippen molar-refractivity contribution in [2.45, 2.75) is 6.92 Å². The first-order chi connectivity index (χ1) is 14.9. The van der Waals surface area contributed by atoms with Gasteiger partial charge < -0.3 is 19.4 Å². The molecule has 2 aromatic carbocycles. The summed E-state index contributed by atoms with van der Waals surface area (Å²) in [4.78, 5) is 36.3. The van der Waals surface area contributed by atoms with E-state index in [1.807, 2.05) is 6.92 Å². The summed E-state index contributed by atoms with van der Waals surface area (Å²) in [6.45, 7) is 2.49. The van der Waals surface area contributed by atoms with E-state index in [2.05, 4.69) is 5.32 Å². The zero-order chi connectivity index (χ0) is 22.4. The second-order valence-corrected chi connectivity index (χ2v) is 6.67. The molecular weight excluding hydrogens is 398 g/mol. The van der Waals surface area contributed by atoms with E-state index in [1.54, 1.807) is 48.5 Å². The van der Waals surface area contributed by atoms with Crippen LogP contribution < -0.4 is 26.0 Å². The van der Waals surface area contributed by atoms with Crippen LogP contribution in [0.15, 0.2) is 70.4 Å². The monoisotopic (exact) mass is 421 g/mol. The Bertz CT molecular complexity index is 1220. The van der Waals surface area contributed by atoms with Crippen molar-refractivity contribution >= 4 is 17.7 Å². The van der Waals surface area contributed by atoms with Crippen LogP contribution in [0.5, 0.6) is 17.2 Å². The highest BCUT2D eigenvalue weighted by atomic mass is 16.5. The number of hydrogen-bond donors (Lipinski definition) is 1. The van der Waals surface area contributed by atoms with Crippen LogP contribution in [0, 0.1) is 0 Å². The minimum Gasteiger partial charge on any atom is -0.494 e. The van der Waals surface area contributed by atoms with Crippen molar-refractivity contribution in [3.05, 3.63) is 87.2 Å². The fourth-order valence-electron chi connectivity index (χ4n) is 2.85. The average Bonchev–Trinajstić information content (AvgIpc) is 2.77. The molecule has 1 aromatic heterocycles. The van der Waals surface area contributed by atoms with Crippen LogP contribution in [0.3, 0.4) is 0 Å². The van der Waals surface area contributed by atoms with E-state index in [4.69, 9.17) is 9.47 Å². The van der Waals surface area contributed by atoms with Crippen LogP contribution in [-0.4, -0.2) is 21.6 Å². The van der Waals surface area contributed by atoms with Crippen molar-refractivity contribution in [1.82, 2.24) is 9.13 Å². The van der Waals surface area contributed by atoms with E-state index in [0.717, 1.165) is 10.3 Å². The number of aryl methyl sites for hydroxylation is 1. The van der Waals surface area contributed by atoms with E-state index in [-0.39, 0.29) is 5.56 Å². The van der Waals surface area contributed by atoms with Gasteiger partial charge in [-0.2, -0.15) is 0 Å². The van der Waals surface area contributed by atoms with E-state index >= 15 is 0 Å². The normalized spacial score (nSPS) is 10.8. The molecule has 3 rings (SSSR count). The first kappa shape index (κ1) is 21.6. The molecule has 8 heteroatoms. The molecule has 3 aromatic rings. The maximum Gasteiger partial charge on any atom is 0.330 e. The van der Waals surface area contributed by atoms with Gasteiger partial charge in [-0.05, 0) is 49.4 Å². The molecular formula is C23H23N3O5. The summed E-state index contributed by atoms with van der Waals surface area (Å²) in [5, 5.41) is 2.74. The van der Waals surface area contributed by atoms with Crippen LogP contribution in [0.25, 0.3) is 6.08 Å². The highest BCUT2D eigenvalue weighted by Crippen LogP contribution is 2.30. The van der Waals surface area contributed by atoms with Gasteiger partial charge in [0.05, 0.1) is 17.9 Å². The number of anilines is 1. The summed E-state index contributed by atoms with van der Waals surface area (Å²) in [5.41, 5.74) is -0.226. The lowest BCUT2D eigenvalue weighted by Crippen LogP contribution is -2.37. The van der Waals surface area contributed by atoms with Crippen molar-refractivity contribution in [3.63, 3.8) is 0 Å². The Morgan fingerprint density at radius 1 is 1.03 bits per heavy atom. The Labute approximate surface area is 179 Å². The lowest BCUT2D eigenvalue weighted by atomic mass is 10.2. The molecule has 0 unspecified atom stereocenters. The summed E-state index contributed by atoms with van der Waals surface area (Å²) in [6.07, 6.45) is 3.99. The molecule has 0 atom stereocenters. The number of carbonyl (C=O) groups is 1. The first-order valence-corrected chi connectivity index (χ1v) is 9.64. The average molecular weight is 421 g/mol. The van der Waals surface area contributed by atoms with Gasteiger partial charge in [-0.1, -0.05) is 12.1 Å². The van der Waals surface area contributed by atoms with Gasteiger partial charge >= 0.3 is 5.69 Å². The Balaban J connectivity index is 1.75. The number of nitrogens with one attached hydrogen (secondary N) is 1. The van der Waals surface area contributed by atoms with Crippen molar-refractivity contribution < 1.29 is 14.3 Å². The highest BCUT2D eigenvalue weighted by Gasteiger charge is 2.08. The maximum absolute atomic E-state index is 12.4. The van der Waals surface area contributed by atoms with Crippen LogP contribution >= 0.6 is 0 Å². The SMILES string of the molecule is CCOc1ccc(Oc2ccccc2NC(=O)/C=C/c2cn(C)c(=O)n(C)c2=O)cc1. The minimum absolute atomic E-state index is 0.221. The summed E-state index contributed by atoms with van der Waals surface area (Å²) in [6, 6.07) is 14.2. The molecule has 0 saturated heterocycles. The largest absolute Gasteiger partial charge is 0.494 e. The van der Waals surface area contributed by atoms with Crippen molar-refractivity contribution in [2.24, 2.45) is 14.1 Å². The number of ether oxygens (including phenoxy) is 2. The van der Waals surface area contributed by atoms with E-state index < -0.39 is 17.2 Å². The first-order valence-electron chi connectivity index (χ1n) is 9.64. The smallest absolute Gasteiger partial charge is 0.330 e. The van der Waals surface area contributed by atoms with E-state index in [0.29, 0.717) is 23.8 Å². The van der Waals surface area contributed by atoms with Crippen LogP contribution in [0.4, 0.5) is 5.69 Å². The molecule has 1 heterocycles. The number of para-hydroxylation sites is 2. The Kier molecular flexibility index (Phi) is 6.71. The summed E-state index contributed by atoms with van der Waals surface area (Å²) < 4.78 is 13.6. The van der Waals surface area contributed by atoms with Gasteiger partial charge in [0.2, 0.25) is 5.91 Å². The summed E-state index contributed by atoms with van der Waals surface area (Å²) in [5.74, 6) is 1.35. The Morgan fingerprint density at radius 3 is 2.42 bits per heavy atom. The van der Waals surface area contributed by atoms with Gasteiger partial charge in [0.15, 0.2) is 5.75 Å². The minimum atomic E-state index is -0.480. The van der Waals surface area contributed by atoms with Crippen molar-refractivity contribution in [2.75, 3.05) is 11.9 Å². The lowest BCUT2D eigenvalue weighted by molar-refractivity contribution is -0.111. The third kappa shape index (κ3) is 5.30. The molecule has 0 saturated carbocycles. The zero-order valence-electron chi connectivity index (χ0n) is 17.5. The highest BCUT2D eigenvalue weighted by molar-refractivity contribution is 6.02. The van der Waals surface area contributed by atoms with Gasteiger partial charge in [0.1, 0.15) is 11.5 Å². The van der Waals surface area contributed by atoms with Crippen LogP contribution in [0.1, 0.15) is 12.5 Å². The van der Waals surface area contributed by atoms with Crippen molar-refractivity contribution in [3.8, 4) is 17.2 Å². The van der Waals surface area contributed by atoms with Gasteiger partial charge in [-0.25, -0.2) is 4.79 Å². The van der Waals surface area contributed by atoms with Gasteiger partial charge in [-0.15, -0.1) is 0 Å². The second-order valence-electron chi connectivity index (χ2n) is 6.67. The molecule has 0 fully saturated rings. The molecule has 1 N–H and O–H groups in total. The van der Waals surface area contributed by atoms with Gasteiger partial charge in [0.25, 0.3) is 5.56 Å². The molecule has 0 aliphatic carbocycles. The molecule has 8 nitrogen and oxygen atoms in total. The number of benzene rings is 2.